The molecule has 0 aliphatic carbocycles. The monoisotopic (exact) mass is 251 g/mol. The number of halogens is 1. The summed E-state index contributed by atoms with van der Waals surface area (Å²) in [5, 5.41) is 0.691. The summed E-state index contributed by atoms with van der Waals surface area (Å²) >= 11 is 5.78. The number of aryl methyl sites for hydroxylation is 1. The van der Waals surface area contributed by atoms with Gasteiger partial charge in [0.05, 0.1) is 6.54 Å². The fourth-order valence-corrected chi connectivity index (χ4v) is 1.68. The molecule has 2 aromatic rings. The Hall–Kier alpha value is -1.45. The van der Waals surface area contributed by atoms with Crippen LogP contribution in [0, 0.1) is 6.92 Å². The highest BCUT2D eigenvalue weighted by Crippen LogP contribution is 2.19. The molecule has 17 heavy (non-hydrogen) atoms. The molecule has 0 saturated carbocycles. The lowest BCUT2D eigenvalue weighted by molar-refractivity contribution is 0.266. The Labute approximate surface area is 105 Å². The van der Waals surface area contributed by atoms with Gasteiger partial charge in [-0.15, -0.1) is 0 Å². The second-order valence-electron chi connectivity index (χ2n) is 3.77. The minimum atomic E-state index is 0.391. The summed E-state index contributed by atoms with van der Waals surface area (Å²) in [5.41, 5.74) is 6.60. The summed E-state index contributed by atoms with van der Waals surface area (Å²) in [6, 6.07) is 9.16. The van der Waals surface area contributed by atoms with Crippen LogP contribution in [0.15, 0.2) is 34.7 Å². The number of hydrogen-bond acceptors (Lipinski definition) is 3. The summed E-state index contributed by atoms with van der Waals surface area (Å²) in [6.45, 7) is 2.77. The van der Waals surface area contributed by atoms with E-state index in [2.05, 4.69) is 0 Å². The first-order valence-electron chi connectivity index (χ1n) is 5.35. The molecule has 0 unspecified atom stereocenters. The molecule has 0 aliphatic rings. The van der Waals surface area contributed by atoms with Crippen LogP contribution in [-0.4, -0.2) is 0 Å². The van der Waals surface area contributed by atoms with E-state index in [4.69, 9.17) is 26.5 Å². The molecule has 0 aliphatic heterocycles. The third kappa shape index (κ3) is 3.02. The van der Waals surface area contributed by atoms with E-state index in [1.807, 2.05) is 25.1 Å². The lowest BCUT2D eigenvalue weighted by Gasteiger charge is -2.03. The van der Waals surface area contributed by atoms with E-state index in [0.29, 0.717) is 18.2 Å². The van der Waals surface area contributed by atoms with Crippen molar-refractivity contribution in [1.29, 1.82) is 0 Å². The molecule has 0 saturated heterocycles. The Morgan fingerprint density at radius 1 is 1.29 bits per heavy atom. The van der Waals surface area contributed by atoms with E-state index >= 15 is 0 Å². The molecule has 3 nitrogen and oxygen atoms in total. The second kappa shape index (κ2) is 5.25. The van der Waals surface area contributed by atoms with Crippen LogP contribution in [0.1, 0.15) is 17.1 Å². The normalized spacial score (nSPS) is 10.5. The average Bonchev–Trinajstić information content (AvgIpc) is 2.69. The predicted molar refractivity (Wildman–Crippen MR) is 67.1 cm³/mol. The van der Waals surface area contributed by atoms with Crippen molar-refractivity contribution in [2.24, 2.45) is 5.73 Å². The maximum atomic E-state index is 5.78. The first-order chi connectivity index (χ1) is 8.19. The van der Waals surface area contributed by atoms with E-state index in [1.165, 1.54) is 0 Å². The third-order valence-electron chi connectivity index (χ3n) is 2.45. The molecule has 2 rings (SSSR count). The van der Waals surface area contributed by atoms with Crippen molar-refractivity contribution in [3.8, 4) is 5.75 Å². The lowest BCUT2D eigenvalue weighted by atomic mass is 10.2. The number of nitrogens with two attached hydrogens (primary N) is 1. The van der Waals surface area contributed by atoms with Gasteiger partial charge < -0.3 is 14.9 Å². The van der Waals surface area contributed by atoms with Gasteiger partial charge in [-0.1, -0.05) is 11.6 Å². The minimum absolute atomic E-state index is 0.391. The fraction of sp³-hybridized carbons (Fsp3) is 0.231. The highest BCUT2D eigenvalue weighted by atomic mass is 35.5. The van der Waals surface area contributed by atoms with Crippen LogP contribution in [0.25, 0.3) is 0 Å². The number of benzene rings is 1. The quantitative estimate of drug-likeness (QED) is 0.907. The second-order valence-corrected chi connectivity index (χ2v) is 4.20. The smallest absolute Gasteiger partial charge is 0.146 e. The van der Waals surface area contributed by atoms with Crippen molar-refractivity contribution in [2.75, 3.05) is 0 Å². The third-order valence-corrected chi connectivity index (χ3v) is 2.70. The zero-order valence-electron chi connectivity index (χ0n) is 9.57. The SMILES string of the molecule is Cc1cc(COc2ccc(Cl)cc2)oc1CN. The topological polar surface area (TPSA) is 48.4 Å². The molecule has 0 bridgehead atoms. The molecule has 0 radical (unpaired) electrons. The summed E-state index contributed by atoms with van der Waals surface area (Å²) in [5.74, 6) is 2.34. The van der Waals surface area contributed by atoms with Crippen molar-refractivity contribution in [1.82, 2.24) is 0 Å². The van der Waals surface area contributed by atoms with Crippen molar-refractivity contribution >= 4 is 11.6 Å². The van der Waals surface area contributed by atoms with Gasteiger partial charge in [0.1, 0.15) is 23.9 Å². The molecule has 1 aromatic heterocycles. The maximum absolute atomic E-state index is 5.78. The molecule has 0 atom stereocenters. The van der Waals surface area contributed by atoms with Crippen LogP contribution in [0.2, 0.25) is 5.02 Å². The first-order valence-corrected chi connectivity index (χ1v) is 5.73. The molecule has 0 spiro atoms. The molecule has 1 heterocycles. The largest absolute Gasteiger partial charge is 0.486 e. The molecule has 2 N–H and O–H groups in total. The van der Waals surface area contributed by atoms with E-state index in [-0.39, 0.29) is 0 Å². The van der Waals surface area contributed by atoms with E-state index < -0.39 is 0 Å². The lowest BCUT2D eigenvalue weighted by Crippen LogP contribution is -1.96. The molecule has 90 valence electrons. The van der Waals surface area contributed by atoms with Crippen LogP contribution in [0.3, 0.4) is 0 Å². The molecule has 0 amide bonds. The van der Waals surface area contributed by atoms with Crippen molar-refractivity contribution in [3.63, 3.8) is 0 Å². The Bertz CT molecular complexity index is 491. The van der Waals surface area contributed by atoms with Crippen molar-refractivity contribution < 1.29 is 9.15 Å². The molecule has 0 fully saturated rings. The summed E-state index contributed by atoms with van der Waals surface area (Å²) < 4.78 is 11.1. The van der Waals surface area contributed by atoms with Gasteiger partial charge in [0.15, 0.2) is 0 Å². The summed E-state index contributed by atoms with van der Waals surface area (Å²) in [7, 11) is 0. The van der Waals surface area contributed by atoms with E-state index in [0.717, 1.165) is 22.8 Å². The van der Waals surface area contributed by atoms with Gasteiger partial charge in [0.2, 0.25) is 0 Å². The van der Waals surface area contributed by atoms with Crippen LogP contribution >= 0.6 is 11.6 Å². The summed E-state index contributed by atoms with van der Waals surface area (Å²) in [4.78, 5) is 0. The zero-order chi connectivity index (χ0) is 12.3. The Morgan fingerprint density at radius 2 is 2.00 bits per heavy atom. The molecule has 1 aromatic carbocycles. The predicted octanol–water partition coefficient (Wildman–Crippen LogP) is 3.28. The van der Waals surface area contributed by atoms with Crippen LogP contribution in [0.4, 0.5) is 0 Å². The number of ether oxygens (including phenoxy) is 1. The van der Waals surface area contributed by atoms with E-state index in [1.54, 1.807) is 12.1 Å². The number of rotatable bonds is 4. The highest BCUT2D eigenvalue weighted by molar-refractivity contribution is 6.30. The maximum Gasteiger partial charge on any atom is 0.146 e. The van der Waals surface area contributed by atoms with Gasteiger partial charge in [-0.05, 0) is 42.8 Å². The van der Waals surface area contributed by atoms with Crippen molar-refractivity contribution in [3.05, 3.63) is 52.4 Å². The number of furan rings is 1. The van der Waals surface area contributed by atoms with Gasteiger partial charge in [0, 0.05) is 5.02 Å². The molecular weight excluding hydrogens is 238 g/mol. The fourth-order valence-electron chi connectivity index (χ4n) is 1.55. The Balaban J connectivity index is 1.99. The molecule has 4 heteroatoms. The van der Waals surface area contributed by atoms with Crippen molar-refractivity contribution in [2.45, 2.75) is 20.1 Å². The summed E-state index contributed by atoms with van der Waals surface area (Å²) in [6.07, 6.45) is 0. The van der Waals surface area contributed by atoms with Gasteiger partial charge in [-0.2, -0.15) is 0 Å². The Morgan fingerprint density at radius 3 is 2.59 bits per heavy atom. The average molecular weight is 252 g/mol. The van der Waals surface area contributed by atoms with Crippen LogP contribution in [-0.2, 0) is 13.2 Å². The van der Waals surface area contributed by atoms with Crippen LogP contribution < -0.4 is 10.5 Å². The van der Waals surface area contributed by atoms with Gasteiger partial charge in [0.25, 0.3) is 0 Å². The van der Waals surface area contributed by atoms with Gasteiger partial charge in [-0.25, -0.2) is 0 Å². The van der Waals surface area contributed by atoms with E-state index in [9.17, 15) is 0 Å². The minimum Gasteiger partial charge on any atom is -0.486 e. The van der Waals surface area contributed by atoms with Crippen LogP contribution in [0.5, 0.6) is 5.75 Å². The first kappa shape index (κ1) is 12.0. The van der Waals surface area contributed by atoms with Gasteiger partial charge in [-0.3, -0.25) is 0 Å². The standard InChI is InChI=1S/C13H14ClNO2/c1-9-6-12(17-13(9)7-15)8-16-11-4-2-10(14)3-5-11/h2-6H,7-8,15H2,1H3. The van der Waals surface area contributed by atoms with Gasteiger partial charge >= 0.3 is 0 Å². The Kier molecular flexibility index (Phi) is 3.71. The number of hydrogen-bond donors (Lipinski definition) is 1. The zero-order valence-corrected chi connectivity index (χ0v) is 10.3. The highest BCUT2D eigenvalue weighted by Gasteiger charge is 2.06. The molecular formula is C13H14ClNO2.